The van der Waals surface area contributed by atoms with Gasteiger partial charge in [0.2, 0.25) is 0 Å². The molecule has 0 aliphatic rings. The molecule has 0 saturated carbocycles. The van der Waals surface area contributed by atoms with Gasteiger partial charge in [-0.05, 0) is 23.8 Å². The van der Waals surface area contributed by atoms with Crippen molar-refractivity contribution in [2.24, 2.45) is 0 Å². The number of hydrogen-bond donors (Lipinski definition) is 1. The Morgan fingerprint density at radius 2 is 2.29 bits per heavy atom. The summed E-state index contributed by atoms with van der Waals surface area (Å²) in [5.41, 5.74) is 6.57. The lowest BCUT2D eigenvalue weighted by Gasteiger charge is -2.00. The number of nitrogens with zero attached hydrogens (tertiary/aromatic N) is 1. The van der Waals surface area contributed by atoms with E-state index in [9.17, 15) is 0 Å². The van der Waals surface area contributed by atoms with Crippen LogP contribution in [0.1, 0.15) is 5.56 Å². The standard InChI is InChI=1S/C10H7ClN2S/c11-8-1-2-9-7(5-10(13)14-9)6(8)3-4-12/h1-2,5H,3,13H2. The van der Waals surface area contributed by atoms with Crippen molar-refractivity contribution in [3.63, 3.8) is 0 Å². The quantitative estimate of drug-likeness (QED) is 0.806. The molecule has 0 atom stereocenters. The van der Waals surface area contributed by atoms with Crippen LogP contribution in [-0.4, -0.2) is 0 Å². The highest BCUT2D eigenvalue weighted by atomic mass is 35.5. The molecule has 0 amide bonds. The van der Waals surface area contributed by atoms with Gasteiger partial charge < -0.3 is 5.73 Å². The summed E-state index contributed by atoms with van der Waals surface area (Å²) in [7, 11) is 0. The van der Waals surface area contributed by atoms with E-state index in [0.29, 0.717) is 11.4 Å². The van der Waals surface area contributed by atoms with Crippen molar-refractivity contribution in [3.8, 4) is 6.07 Å². The van der Waals surface area contributed by atoms with Crippen LogP contribution in [0.4, 0.5) is 5.00 Å². The van der Waals surface area contributed by atoms with E-state index in [1.54, 1.807) is 0 Å². The van der Waals surface area contributed by atoms with Crippen molar-refractivity contribution in [2.45, 2.75) is 6.42 Å². The number of thiophene rings is 1. The highest BCUT2D eigenvalue weighted by Crippen LogP contribution is 2.33. The molecule has 0 fully saturated rings. The Morgan fingerprint density at radius 1 is 1.50 bits per heavy atom. The monoisotopic (exact) mass is 222 g/mol. The highest BCUT2D eigenvalue weighted by Gasteiger charge is 2.08. The number of benzene rings is 1. The number of nitrogens with two attached hydrogens (primary N) is 1. The van der Waals surface area contributed by atoms with E-state index in [1.165, 1.54) is 11.3 Å². The van der Waals surface area contributed by atoms with E-state index in [1.807, 2.05) is 18.2 Å². The Labute approximate surface area is 90.5 Å². The first-order valence-electron chi connectivity index (χ1n) is 4.05. The molecule has 2 aromatic rings. The maximum absolute atomic E-state index is 8.67. The number of halogens is 1. The summed E-state index contributed by atoms with van der Waals surface area (Å²) in [6, 6.07) is 7.72. The molecule has 0 aliphatic carbocycles. The molecule has 1 heterocycles. The molecule has 1 aromatic heterocycles. The number of nitrogen functional groups attached to an aromatic ring is 1. The number of nitriles is 1. The molecule has 0 unspecified atom stereocenters. The molecule has 0 saturated heterocycles. The van der Waals surface area contributed by atoms with Gasteiger partial charge in [-0.1, -0.05) is 11.6 Å². The fourth-order valence-electron chi connectivity index (χ4n) is 1.42. The van der Waals surface area contributed by atoms with Crippen molar-refractivity contribution >= 4 is 38.0 Å². The highest BCUT2D eigenvalue weighted by molar-refractivity contribution is 7.22. The molecule has 70 valence electrons. The van der Waals surface area contributed by atoms with Crippen molar-refractivity contribution < 1.29 is 0 Å². The molecule has 1 aromatic carbocycles. The van der Waals surface area contributed by atoms with Gasteiger partial charge in [-0.25, -0.2) is 0 Å². The zero-order valence-electron chi connectivity index (χ0n) is 7.25. The molecule has 0 bridgehead atoms. The molecular formula is C10H7ClN2S. The Bertz CT molecular complexity index is 525. The molecule has 4 heteroatoms. The van der Waals surface area contributed by atoms with Gasteiger partial charge in [0.15, 0.2) is 0 Å². The second-order valence-electron chi connectivity index (χ2n) is 2.92. The van der Waals surface area contributed by atoms with Crippen molar-refractivity contribution in [1.82, 2.24) is 0 Å². The van der Waals surface area contributed by atoms with Crippen LogP contribution >= 0.6 is 22.9 Å². The zero-order valence-corrected chi connectivity index (χ0v) is 8.82. The fourth-order valence-corrected chi connectivity index (χ4v) is 2.51. The molecular weight excluding hydrogens is 216 g/mol. The lowest BCUT2D eigenvalue weighted by molar-refractivity contribution is 1.29. The van der Waals surface area contributed by atoms with Gasteiger partial charge in [0.1, 0.15) is 0 Å². The van der Waals surface area contributed by atoms with Gasteiger partial charge in [0, 0.05) is 15.1 Å². The van der Waals surface area contributed by atoms with E-state index in [-0.39, 0.29) is 0 Å². The predicted octanol–water partition coefficient (Wildman–Crippen LogP) is 3.20. The van der Waals surface area contributed by atoms with Crippen LogP contribution in [0, 0.1) is 11.3 Å². The second-order valence-corrected chi connectivity index (χ2v) is 4.44. The molecule has 0 spiro atoms. The van der Waals surface area contributed by atoms with Crippen LogP contribution in [0.2, 0.25) is 5.02 Å². The van der Waals surface area contributed by atoms with E-state index in [2.05, 4.69) is 6.07 Å². The van der Waals surface area contributed by atoms with Crippen molar-refractivity contribution in [3.05, 3.63) is 28.8 Å². The van der Waals surface area contributed by atoms with Crippen LogP contribution in [-0.2, 0) is 6.42 Å². The summed E-state index contributed by atoms with van der Waals surface area (Å²) in [6.45, 7) is 0. The van der Waals surface area contributed by atoms with E-state index >= 15 is 0 Å². The average Bonchev–Trinajstić information content (AvgIpc) is 2.51. The van der Waals surface area contributed by atoms with Gasteiger partial charge in [-0.15, -0.1) is 11.3 Å². The molecule has 2 N–H and O–H groups in total. The topological polar surface area (TPSA) is 49.8 Å². The minimum atomic E-state index is 0.326. The normalized spacial score (nSPS) is 10.3. The van der Waals surface area contributed by atoms with E-state index in [0.717, 1.165) is 20.7 Å². The Morgan fingerprint density at radius 3 is 3.00 bits per heavy atom. The van der Waals surface area contributed by atoms with E-state index in [4.69, 9.17) is 22.6 Å². The molecule has 0 radical (unpaired) electrons. The third kappa shape index (κ3) is 1.43. The fraction of sp³-hybridized carbons (Fsp3) is 0.100. The average molecular weight is 223 g/mol. The predicted molar refractivity (Wildman–Crippen MR) is 60.6 cm³/mol. The molecule has 0 aliphatic heterocycles. The third-order valence-corrected chi connectivity index (χ3v) is 3.31. The van der Waals surface area contributed by atoms with Crippen molar-refractivity contribution in [1.29, 1.82) is 5.26 Å². The third-order valence-electron chi connectivity index (χ3n) is 2.03. The summed E-state index contributed by atoms with van der Waals surface area (Å²) in [6.07, 6.45) is 0.326. The zero-order chi connectivity index (χ0) is 10.1. The first-order valence-corrected chi connectivity index (χ1v) is 5.25. The largest absolute Gasteiger partial charge is 0.391 e. The number of rotatable bonds is 1. The van der Waals surface area contributed by atoms with Crippen LogP contribution < -0.4 is 5.73 Å². The summed E-state index contributed by atoms with van der Waals surface area (Å²) in [5.74, 6) is 0. The minimum Gasteiger partial charge on any atom is -0.391 e. The van der Waals surface area contributed by atoms with Gasteiger partial charge in [-0.3, -0.25) is 0 Å². The molecule has 2 nitrogen and oxygen atoms in total. The van der Waals surface area contributed by atoms with Gasteiger partial charge in [-0.2, -0.15) is 5.26 Å². The van der Waals surface area contributed by atoms with E-state index < -0.39 is 0 Å². The number of anilines is 1. The first kappa shape index (κ1) is 9.32. The van der Waals surface area contributed by atoms with Gasteiger partial charge in [0.05, 0.1) is 17.5 Å². The maximum atomic E-state index is 8.67. The second kappa shape index (κ2) is 3.49. The summed E-state index contributed by atoms with van der Waals surface area (Å²) >= 11 is 7.51. The Hall–Kier alpha value is -1.24. The lowest BCUT2D eigenvalue weighted by atomic mass is 10.1. The maximum Gasteiger partial charge on any atom is 0.0868 e. The van der Waals surface area contributed by atoms with Crippen LogP contribution in [0.3, 0.4) is 0 Å². The van der Waals surface area contributed by atoms with Crippen LogP contribution in [0.25, 0.3) is 10.1 Å². The molecule has 14 heavy (non-hydrogen) atoms. The lowest BCUT2D eigenvalue weighted by Crippen LogP contribution is -1.84. The van der Waals surface area contributed by atoms with Gasteiger partial charge >= 0.3 is 0 Å². The van der Waals surface area contributed by atoms with Gasteiger partial charge in [0.25, 0.3) is 0 Å². The number of hydrogen-bond acceptors (Lipinski definition) is 3. The summed E-state index contributed by atoms with van der Waals surface area (Å²) in [5, 5.41) is 11.1. The SMILES string of the molecule is N#CCc1c(Cl)ccc2sc(N)cc12. The summed E-state index contributed by atoms with van der Waals surface area (Å²) < 4.78 is 1.08. The van der Waals surface area contributed by atoms with Crippen molar-refractivity contribution in [2.75, 3.05) is 5.73 Å². The minimum absolute atomic E-state index is 0.326. The number of fused-ring (bicyclic) bond motifs is 1. The smallest absolute Gasteiger partial charge is 0.0868 e. The first-order chi connectivity index (χ1) is 6.72. The van der Waals surface area contributed by atoms with Crippen LogP contribution in [0.15, 0.2) is 18.2 Å². The molecule has 2 rings (SSSR count). The Kier molecular flexibility index (Phi) is 2.32. The Balaban J connectivity index is 2.76. The summed E-state index contributed by atoms with van der Waals surface area (Å²) in [4.78, 5) is 0. The van der Waals surface area contributed by atoms with Crippen LogP contribution in [0.5, 0.6) is 0 Å².